The van der Waals surface area contributed by atoms with Gasteiger partial charge in [-0.05, 0) is 25.0 Å². The number of carbonyl (C=O) groups is 2. The van der Waals surface area contributed by atoms with Crippen molar-refractivity contribution in [3.63, 3.8) is 0 Å². The second-order valence-corrected chi connectivity index (χ2v) is 4.05. The predicted octanol–water partition coefficient (Wildman–Crippen LogP) is 0.638. The van der Waals surface area contributed by atoms with E-state index in [0.29, 0.717) is 17.9 Å². The molecule has 3 rings (SSSR count). The molecule has 0 unspecified atom stereocenters. The van der Waals surface area contributed by atoms with Crippen molar-refractivity contribution in [1.82, 2.24) is 9.88 Å². The number of carbonyl (C=O) groups excluding carboxylic acids is 2. The molecule has 0 saturated carbocycles. The number of hydrogen-bond acceptors (Lipinski definition) is 3. The molecule has 2 amide bonds. The predicted molar refractivity (Wildman–Crippen MR) is 56.9 cm³/mol. The zero-order valence-corrected chi connectivity index (χ0v) is 8.64. The lowest BCUT2D eigenvalue weighted by Crippen LogP contribution is -2.40. The summed E-state index contributed by atoms with van der Waals surface area (Å²) < 4.78 is 0. The monoisotopic (exact) mass is 217 g/mol. The average molecular weight is 217 g/mol. The Hall–Kier alpha value is -1.91. The van der Waals surface area contributed by atoms with Gasteiger partial charge >= 0.3 is 0 Å². The molecule has 0 bridgehead atoms. The first kappa shape index (κ1) is 9.33. The molecular weight excluding hydrogens is 206 g/mol. The number of amides is 2. The van der Waals surface area contributed by atoms with Crippen LogP contribution in [0.2, 0.25) is 0 Å². The first-order valence-electron chi connectivity index (χ1n) is 5.34. The van der Waals surface area contributed by atoms with Crippen LogP contribution < -0.4 is 5.32 Å². The molecule has 1 aromatic rings. The smallest absolute Gasteiger partial charge is 0.258 e. The van der Waals surface area contributed by atoms with Crippen molar-refractivity contribution in [3.8, 4) is 0 Å². The quantitative estimate of drug-likeness (QED) is 0.693. The van der Waals surface area contributed by atoms with Gasteiger partial charge in [0.15, 0.2) is 0 Å². The average Bonchev–Trinajstić information content (AvgIpc) is 2.74. The van der Waals surface area contributed by atoms with Crippen molar-refractivity contribution in [3.05, 3.63) is 23.9 Å². The summed E-state index contributed by atoms with van der Waals surface area (Å²) in [6, 6.07) is 3.09. The van der Waals surface area contributed by atoms with E-state index in [2.05, 4.69) is 10.3 Å². The van der Waals surface area contributed by atoms with E-state index < -0.39 is 0 Å². The minimum absolute atomic E-state index is 0.0936. The third-order valence-corrected chi connectivity index (χ3v) is 3.10. The first-order valence-corrected chi connectivity index (χ1v) is 5.34. The Morgan fingerprint density at radius 1 is 1.44 bits per heavy atom. The van der Waals surface area contributed by atoms with E-state index in [9.17, 15) is 9.59 Å². The van der Waals surface area contributed by atoms with Gasteiger partial charge in [0.05, 0.1) is 5.56 Å². The van der Waals surface area contributed by atoms with Crippen molar-refractivity contribution >= 4 is 17.6 Å². The van der Waals surface area contributed by atoms with Gasteiger partial charge in [-0.25, -0.2) is 4.98 Å². The Morgan fingerprint density at radius 2 is 2.31 bits per heavy atom. The van der Waals surface area contributed by atoms with Gasteiger partial charge in [0.1, 0.15) is 11.9 Å². The second-order valence-electron chi connectivity index (χ2n) is 4.05. The van der Waals surface area contributed by atoms with E-state index in [4.69, 9.17) is 0 Å². The number of anilines is 1. The molecule has 2 aliphatic rings. The fourth-order valence-electron chi connectivity index (χ4n) is 2.31. The van der Waals surface area contributed by atoms with Crippen molar-refractivity contribution in [2.24, 2.45) is 0 Å². The Morgan fingerprint density at radius 3 is 3.19 bits per heavy atom. The summed E-state index contributed by atoms with van der Waals surface area (Å²) >= 11 is 0. The summed E-state index contributed by atoms with van der Waals surface area (Å²) in [6.07, 6.45) is 3.20. The SMILES string of the molecule is O=C1Nc2ncccc2C(=O)N2CCC[C@@H]12. The van der Waals surface area contributed by atoms with Crippen LogP contribution in [0.4, 0.5) is 5.82 Å². The molecule has 5 nitrogen and oxygen atoms in total. The molecule has 1 N–H and O–H groups in total. The minimum atomic E-state index is -0.318. The fraction of sp³-hybridized carbons (Fsp3) is 0.364. The second kappa shape index (κ2) is 3.30. The highest BCUT2D eigenvalue weighted by Crippen LogP contribution is 2.26. The van der Waals surface area contributed by atoms with Gasteiger partial charge < -0.3 is 10.2 Å². The molecular formula is C11H11N3O2. The molecule has 0 spiro atoms. The van der Waals surface area contributed by atoms with E-state index in [1.807, 2.05) is 0 Å². The Balaban J connectivity index is 2.11. The number of rotatable bonds is 0. The molecule has 1 atom stereocenters. The molecule has 1 saturated heterocycles. The maximum absolute atomic E-state index is 12.2. The number of pyridine rings is 1. The number of aromatic nitrogens is 1. The van der Waals surface area contributed by atoms with Gasteiger partial charge in [0, 0.05) is 12.7 Å². The van der Waals surface area contributed by atoms with E-state index in [1.54, 1.807) is 23.2 Å². The zero-order chi connectivity index (χ0) is 11.1. The van der Waals surface area contributed by atoms with E-state index >= 15 is 0 Å². The van der Waals surface area contributed by atoms with Crippen LogP contribution >= 0.6 is 0 Å². The van der Waals surface area contributed by atoms with Gasteiger partial charge in [-0.15, -0.1) is 0 Å². The summed E-state index contributed by atoms with van der Waals surface area (Å²) in [5.74, 6) is 0.166. The summed E-state index contributed by atoms with van der Waals surface area (Å²) in [4.78, 5) is 29.7. The maximum atomic E-state index is 12.2. The highest BCUT2D eigenvalue weighted by Gasteiger charge is 2.38. The molecule has 3 heterocycles. The molecule has 0 aliphatic carbocycles. The standard InChI is InChI=1S/C11H11N3O2/c15-10-8-4-2-6-14(8)11(16)7-3-1-5-12-9(7)13-10/h1,3,5,8H,2,4,6H2,(H,12,13,15)/t8-/m0/s1. The number of nitrogens with one attached hydrogen (secondary N) is 1. The Bertz CT molecular complexity index is 472. The lowest BCUT2D eigenvalue weighted by molar-refractivity contribution is -0.119. The van der Waals surface area contributed by atoms with Gasteiger partial charge in [-0.1, -0.05) is 0 Å². The third-order valence-electron chi connectivity index (χ3n) is 3.10. The van der Waals surface area contributed by atoms with Gasteiger partial charge in [-0.2, -0.15) is 0 Å². The van der Waals surface area contributed by atoms with Gasteiger partial charge in [0.2, 0.25) is 5.91 Å². The van der Waals surface area contributed by atoms with E-state index in [1.165, 1.54) is 0 Å². The summed E-state index contributed by atoms with van der Waals surface area (Å²) in [7, 11) is 0. The molecule has 82 valence electrons. The number of hydrogen-bond donors (Lipinski definition) is 1. The number of fused-ring (bicyclic) bond motifs is 2. The normalized spacial score (nSPS) is 23.5. The lowest BCUT2D eigenvalue weighted by Gasteiger charge is -2.19. The maximum Gasteiger partial charge on any atom is 0.258 e. The van der Waals surface area contributed by atoms with Crippen molar-refractivity contribution in [2.75, 3.05) is 11.9 Å². The van der Waals surface area contributed by atoms with Crippen LogP contribution in [0.5, 0.6) is 0 Å². The molecule has 5 heteroatoms. The van der Waals surface area contributed by atoms with Crippen LogP contribution in [-0.4, -0.2) is 34.3 Å². The fourth-order valence-corrected chi connectivity index (χ4v) is 2.31. The largest absolute Gasteiger partial charge is 0.326 e. The van der Waals surface area contributed by atoms with Crippen molar-refractivity contribution in [1.29, 1.82) is 0 Å². The van der Waals surface area contributed by atoms with Gasteiger partial charge in [0.25, 0.3) is 5.91 Å². The van der Waals surface area contributed by atoms with Crippen molar-refractivity contribution < 1.29 is 9.59 Å². The zero-order valence-electron chi connectivity index (χ0n) is 8.64. The summed E-state index contributed by atoms with van der Waals surface area (Å²) in [5, 5.41) is 2.71. The summed E-state index contributed by atoms with van der Waals surface area (Å²) in [5.41, 5.74) is 0.486. The summed E-state index contributed by atoms with van der Waals surface area (Å²) in [6.45, 7) is 0.658. The topological polar surface area (TPSA) is 62.3 Å². The van der Waals surface area contributed by atoms with Crippen LogP contribution in [0.1, 0.15) is 23.2 Å². The van der Waals surface area contributed by atoms with E-state index in [-0.39, 0.29) is 17.9 Å². The molecule has 0 radical (unpaired) electrons. The van der Waals surface area contributed by atoms with Gasteiger partial charge in [-0.3, -0.25) is 9.59 Å². The molecule has 1 fully saturated rings. The van der Waals surface area contributed by atoms with E-state index in [0.717, 1.165) is 12.8 Å². The highest BCUT2D eigenvalue weighted by molar-refractivity contribution is 6.09. The van der Waals surface area contributed by atoms with Crippen LogP contribution in [0, 0.1) is 0 Å². The Kier molecular flexibility index (Phi) is 1.92. The Labute approximate surface area is 92.5 Å². The third kappa shape index (κ3) is 1.21. The molecule has 1 aromatic heterocycles. The first-order chi connectivity index (χ1) is 7.77. The van der Waals surface area contributed by atoms with Crippen LogP contribution in [0.25, 0.3) is 0 Å². The van der Waals surface area contributed by atoms with Crippen LogP contribution in [-0.2, 0) is 4.79 Å². The molecule has 16 heavy (non-hydrogen) atoms. The molecule has 2 aliphatic heterocycles. The minimum Gasteiger partial charge on any atom is -0.326 e. The number of nitrogens with zero attached hydrogens (tertiary/aromatic N) is 2. The lowest BCUT2D eigenvalue weighted by atomic mass is 10.2. The molecule has 0 aromatic carbocycles. The highest BCUT2D eigenvalue weighted by atomic mass is 16.2. The van der Waals surface area contributed by atoms with Crippen LogP contribution in [0.15, 0.2) is 18.3 Å². The van der Waals surface area contributed by atoms with Crippen molar-refractivity contribution in [2.45, 2.75) is 18.9 Å². The van der Waals surface area contributed by atoms with Crippen LogP contribution in [0.3, 0.4) is 0 Å².